The van der Waals surface area contributed by atoms with E-state index in [1.807, 2.05) is 23.1 Å². The molecule has 3 rings (SSSR count). The lowest BCUT2D eigenvalue weighted by Gasteiger charge is -2.32. The van der Waals surface area contributed by atoms with Crippen LogP contribution < -0.4 is 0 Å². The lowest BCUT2D eigenvalue weighted by molar-refractivity contribution is -0.135. The van der Waals surface area contributed by atoms with Crippen LogP contribution in [0.25, 0.3) is 0 Å². The summed E-state index contributed by atoms with van der Waals surface area (Å²) in [6.45, 7) is 2.34. The van der Waals surface area contributed by atoms with Gasteiger partial charge in [0.25, 0.3) is 5.89 Å². The van der Waals surface area contributed by atoms with Gasteiger partial charge in [-0.2, -0.15) is 4.98 Å². The summed E-state index contributed by atoms with van der Waals surface area (Å²) < 4.78 is 16.0. The lowest BCUT2D eigenvalue weighted by Crippen LogP contribution is -2.43. The lowest BCUT2D eigenvalue weighted by atomic mass is 10.1. The molecule has 28 heavy (non-hydrogen) atoms. The van der Waals surface area contributed by atoms with Gasteiger partial charge < -0.3 is 18.9 Å². The summed E-state index contributed by atoms with van der Waals surface area (Å²) in [6, 6.07) is 10.3. The van der Waals surface area contributed by atoms with E-state index in [2.05, 4.69) is 22.3 Å². The van der Waals surface area contributed by atoms with Crippen LogP contribution in [0.15, 0.2) is 34.9 Å². The summed E-state index contributed by atoms with van der Waals surface area (Å²) in [4.78, 5) is 18.7. The van der Waals surface area contributed by atoms with Crippen molar-refractivity contribution in [1.82, 2.24) is 15.0 Å². The molecule has 7 heteroatoms. The van der Waals surface area contributed by atoms with E-state index in [1.54, 1.807) is 7.11 Å². The summed E-state index contributed by atoms with van der Waals surface area (Å²) in [6.07, 6.45) is 5.05. The van der Waals surface area contributed by atoms with Crippen LogP contribution in [0.2, 0.25) is 0 Å². The molecular weight excluding hydrogens is 358 g/mol. The predicted octanol–water partition coefficient (Wildman–Crippen LogP) is 2.79. The first-order valence-electron chi connectivity index (χ1n) is 9.98. The van der Waals surface area contributed by atoms with Gasteiger partial charge >= 0.3 is 0 Å². The third kappa shape index (κ3) is 6.42. The second kappa shape index (κ2) is 10.9. The molecule has 0 radical (unpaired) electrons. The van der Waals surface area contributed by atoms with E-state index in [4.69, 9.17) is 14.0 Å². The standard InChI is InChI=1S/C21H29N3O4/c1-26-16-20-22-19(23-28-20)12-14-27-18-10-6-13-24(15-18)21(25)11-5-9-17-7-3-2-4-8-17/h2-4,7-8,18H,5-6,9-16H2,1H3. The fourth-order valence-electron chi connectivity index (χ4n) is 3.44. The van der Waals surface area contributed by atoms with Gasteiger partial charge in [0.05, 0.1) is 12.7 Å². The van der Waals surface area contributed by atoms with Crippen molar-refractivity contribution in [3.8, 4) is 0 Å². The number of ether oxygens (including phenoxy) is 2. The number of piperidine rings is 1. The number of hydrogen-bond acceptors (Lipinski definition) is 6. The highest BCUT2D eigenvalue weighted by atomic mass is 16.5. The number of nitrogens with zero attached hydrogens (tertiary/aromatic N) is 3. The van der Waals surface area contributed by atoms with E-state index in [1.165, 1.54) is 5.56 Å². The van der Waals surface area contributed by atoms with Crippen molar-refractivity contribution in [1.29, 1.82) is 0 Å². The molecule has 1 fully saturated rings. The monoisotopic (exact) mass is 387 g/mol. The van der Waals surface area contributed by atoms with Crippen LogP contribution in [0.5, 0.6) is 0 Å². The number of amides is 1. The second-order valence-corrected chi connectivity index (χ2v) is 7.10. The molecule has 1 atom stereocenters. The Balaban J connectivity index is 1.35. The van der Waals surface area contributed by atoms with Crippen LogP contribution in [0.3, 0.4) is 0 Å². The summed E-state index contributed by atoms with van der Waals surface area (Å²) in [5.41, 5.74) is 1.28. The van der Waals surface area contributed by atoms with Crippen LogP contribution in [0, 0.1) is 0 Å². The second-order valence-electron chi connectivity index (χ2n) is 7.10. The normalized spacial score (nSPS) is 17.0. The minimum atomic E-state index is 0.0807. The van der Waals surface area contributed by atoms with Gasteiger partial charge in [-0.05, 0) is 31.2 Å². The van der Waals surface area contributed by atoms with Crippen molar-refractivity contribution in [2.24, 2.45) is 0 Å². The zero-order valence-electron chi connectivity index (χ0n) is 16.5. The summed E-state index contributed by atoms with van der Waals surface area (Å²) >= 11 is 0. The number of likely N-dealkylation sites (tertiary alicyclic amines) is 1. The largest absolute Gasteiger partial charge is 0.376 e. The van der Waals surface area contributed by atoms with Crippen molar-refractivity contribution >= 4 is 5.91 Å². The molecule has 1 saturated heterocycles. The average molecular weight is 387 g/mol. The van der Waals surface area contributed by atoms with Crippen molar-refractivity contribution in [2.45, 2.75) is 51.2 Å². The van der Waals surface area contributed by atoms with E-state index in [9.17, 15) is 4.79 Å². The molecule has 1 aliphatic heterocycles. The van der Waals surface area contributed by atoms with E-state index >= 15 is 0 Å². The Hall–Kier alpha value is -2.25. The van der Waals surface area contributed by atoms with Crippen molar-refractivity contribution in [3.63, 3.8) is 0 Å². The maximum atomic E-state index is 12.5. The zero-order chi connectivity index (χ0) is 19.6. The van der Waals surface area contributed by atoms with Crippen LogP contribution in [0.4, 0.5) is 0 Å². The topological polar surface area (TPSA) is 77.7 Å². The molecule has 0 spiro atoms. The Kier molecular flexibility index (Phi) is 7.99. The number of carbonyl (C=O) groups excluding carboxylic acids is 1. The van der Waals surface area contributed by atoms with Gasteiger partial charge in [0, 0.05) is 33.0 Å². The van der Waals surface area contributed by atoms with Gasteiger partial charge in [0.15, 0.2) is 5.82 Å². The van der Waals surface area contributed by atoms with Crippen molar-refractivity contribution in [3.05, 3.63) is 47.6 Å². The maximum Gasteiger partial charge on any atom is 0.252 e. The Morgan fingerprint density at radius 1 is 1.29 bits per heavy atom. The Morgan fingerprint density at radius 3 is 2.96 bits per heavy atom. The van der Waals surface area contributed by atoms with Gasteiger partial charge in [0.2, 0.25) is 5.91 Å². The van der Waals surface area contributed by atoms with Crippen LogP contribution in [0.1, 0.15) is 43.0 Å². The predicted molar refractivity (Wildman–Crippen MR) is 104 cm³/mol. The molecule has 1 aromatic heterocycles. The minimum Gasteiger partial charge on any atom is -0.376 e. The molecule has 0 aliphatic carbocycles. The summed E-state index contributed by atoms with van der Waals surface area (Å²) in [5, 5.41) is 3.91. The average Bonchev–Trinajstić information content (AvgIpc) is 3.17. The Labute approximate surface area is 166 Å². The number of rotatable bonds is 10. The highest BCUT2D eigenvalue weighted by Crippen LogP contribution is 2.16. The highest BCUT2D eigenvalue weighted by Gasteiger charge is 2.23. The number of carbonyl (C=O) groups is 1. The minimum absolute atomic E-state index is 0.0807. The van der Waals surface area contributed by atoms with Gasteiger partial charge in [-0.3, -0.25) is 4.79 Å². The smallest absolute Gasteiger partial charge is 0.252 e. The molecule has 1 aromatic carbocycles. The molecule has 0 saturated carbocycles. The molecular formula is C21H29N3O4. The third-order valence-corrected chi connectivity index (χ3v) is 4.89. The fraction of sp³-hybridized carbons (Fsp3) is 0.571. The first-order chi connectivity index (χ1) is 13.7. The van der Waals surface area contributed by atoms with E-state index in [-0.39, 0.29) is 12.0 Å². The van der Waals surface area contributed by atoms with Gasteiger partial charge in [-0.1, -0.05) is 35.5 Å². The fourth-order valence-corrected chi connectivity index (χ4v) is 3.44. The molecule has 1 amide bonds. The number of aryl methyl sites for hydroxylation is 1. The van der Waals surface area contributed by atoms with E-state index in [0.29, 0.717) is 44.3 Å². The number of hydrogen-bond donors (Lipinski definition) is 0. The van der Waals surface area contributed by atoms with Crippen LogP contribution >= 0.6 is 0 Å². The highest BCUT2D eigenvalue weighted by molar-refractivity contribution is 5.76. The number of aromatic nitrogens is 2. The first-order valence-corrected chi connectivity index (χ1v) is 9.98. The molecule has 0 bridgehead atoms. The zero-order valence-corrected chi connectivity index (χ0v) is 16.5. The third-order valence-electron chi connectivity index (χ3n) is 4.89. The van der Waals surface area contributed by atoms with Crippen LogP contribution in [-0.2, 0) is 33.7 Å². The molecule has 7 nitrogen and oxygen atoms in total. The molecule has 2 heterocycles. The summed E-state index contributed by atoms with van der Waals surface area (Å²) in [7, 11) is 1.59. The molecule has 2 aromatic rings. The Morgan fingerprint density at radius 2 is 2.14 bits per heavy atom. The Bertz CT molecular complexity index is 719. The number of benzene rings is 1. The van der Waals surface area contributed by atoms with Gasteiger partial charge in [-0.15, -0.1) is 0 Å². The van der Waals surface area contributed by atoms with Crippen LogP contribution in [-0.4, -0.2) is 53.9 Å². The molecule has 1 aliphatic rings. The molecule has 1 unspecified atom stereocenters. The summed E-state index contributed by atoms with van der Waals surface area (Å²) in [5.74, 6) is 1.32. The number of methoxy groups -OCH3 is 1. The SMILES string of the molecule is COCc1nc(CCOC2CCCN(C(=O)CCCc3ccccc3)C2)no1. The van der Waals surface area contributed by atoms with Gasteiger partial charge in [-0.25, -0.2) is 0 Å². The van der Waals surface area contributed by atoms with Crippen molar-refractivity contribution in [2.75, 3.05) is 26.8 Å². The quantitative estimate of drug-likeness (QED) is 0.624. The first kappa shape index (κ1) is 20.5. The van der Waals surface area contributed by atoms with E-state index in [0.717, 1.165) is 32.2 Å². The molecule has 0 N–H and O–H groups in total. The maximum absolute atomic E-state index is 12.5. The van der Waals surface area contributed by atoms with Gasteiger partial charge in [0.1, 0.15) is 6.61 Å². The molecule has 152 valence electrons. The van der Waals surface area contributed by atoms with E-state index < -0.39 is 0 Å². The van der Waals surface area contributed by atoms with Crippen molar-refractivity contribution < 1.29 is 18.8 Å².